The summed E-state index contributed by atoms with van der Waals surface area (Å²) in [4.78, 5) is 22.2. The summed E-state index contributed by atoms with van der Waals surface area (Å²) in [5.41, 5.74) is 1.13. The van der Waals surface area contributed by atoms with Crippen molar-refractivity contribution in [2.24, 2.45) is 0 Å². The third-order valence-electron chi connectivity index (χ3n) is 2.94. The molecule has 21 heavy (non-hydrogen) atoms. The van der Waals surface area contributed by atoms with Gasteiger partial charge in [0.2, 0.25) is 0 Å². The van der Waals surface area contributed by atoms with Gasteiger partial charge < -0.3 is 19.9 Å². The number of methoxy groups -OCH3 is 1. The van der Waals surface area contributed by atoms with Crippen molar-refractivity contribution in [1.29, 1.82) is 0 Å². The highest BCUT2D eigenvalue weighted by Gasteiger charge is 2.13. The Morgan fingerprint density at radius 3 is 2.76 bits per heavy atom. The van der Waals surface area contributed by atoms with E-state index in [2.05, 4.69) is 5.32 Å². The minimum absolute atomic E-state index is 0.114. The van der Waals surface area contributed by atoms with Gasteiger partial charge in [-0.15, -0.1) is 0 Å². The Bertz CT molecular complexity index is 475. The Morgan fingerprint density at radius 2 is 2.14 bits per heavy atom. The molecule has 6 nitrogen and oxygen atoms in total. The smallest absolute Gasteiger partial charge is 0.306 e. The third kappa shape index (κ3) is 6.76. The van der Waals surface area contributed by atoms with Crippen LogP contribution in [0.5, 0.6) is 5.75 Å². The summed E-state index contributed by atoms with van der Waals surface area (Å²) in [7, 11) is 1.41. The van der Waals surface area contributed by atoms with Gasteiger partial charge in [0.1, 0.15) is 5.75 Å². The van der Waals surface area contributed by atoms with Gasteiger partial charge in [0.15, 0.2) is 6.61 Å². The van der Waals surface area contributed by atoms with Crippen LogP contribution in [0.4, 0.5) is 0 Å². The summed E-state index contributed by atoms with van der Waals surface area (Å²) in [5, 5.41) is 11.2. The second-order valence-electron chi connectivity index (χ2n) is 4.55. The number of carbonyl (C=O) groups excluding carboxylic acids is 1. The van der Waals surface area contributed by atoms with Gasteiger partial charge in [-0.1, -0.05) is 19.1 Å². The zero-order chi connectivity index (χ0) is 15.7. The summed E-state index contributed by atoms with van der Waals surface area (Å²) in [6.45, 7) is 2.07. The first kappa shape index (κ1) is 17.0. The molecule has 0 radical (unpaired) electrons. The fourth-order valence-electron chi connectivity index (χ4n) is 1.72. The number of amides is 1. The molecule has 0 bridgehead atoms. The number of hydrogen-bond acceptors (Lipinski definition) is 4. The Morgan fingerprint density at radius 1 is 1.38 bits per heavy atom. The fraction of sp³-hybridized carbons (Fsp3) is 0.467. The van der Waals surface area contributed by atoms with E-state index in [1.54, 1.807) is 6.07 Å². The van der Waals surface area contributed by atoms with Crippen molar-refractivity contribution in [3.63, 3.8) is 0 Å². The minimum Gasteiger partial charge on any atom is -0.484 e. The molecule has 0 aliphatic rings. The first-order valence-electron chi connectivity index (χ1n) is 6.78. The van der Waals surface area contributed by atoms with E-state index in [1.807, 2.05) is 25.1 Å². The number of aryl methyl sites for hydroxylation is 1. The molecule has 0 saturated carbocycles. The fourth-order valence-corrected chi connectivity index (χ4v) is 1.72. The molecule has 0 fully saturated rings. The quantitative estimate of drug-likeness (QED) is 0.716. The first-order valence-corrected chi connectivity index (χ1v) is 6.78. The van der Waals surface area contributed by atoms with Crippen LogP contribution in [-0.2, 0) is 20.7 Å². The molecule has 1 aromatic rings. The van der Waals surface area contributed by atoms with Gasteiger partial charge in [0, 0.05) is 13.7 Å². The number of ether oxygens (including phenoxy) is 2. The average molecular weight is 295 g/mol. The second kappa shape index (κ2) is 8.97. The van der Waals surface area contributed by atoms with Gasteiger partial charge in [-0.2, -0.15) is 0 Å². The highest BCUT2D eigenvalue weighted by Crippen LogP contribution is 2.13. The minimum atomic E-state index is -0.969. The van der Waals surface area contributed by atoms with Gasteiger partial charge in [0.05, 0.1) is 12.5 Å². The van der Waals surface area contributed by atoms with Crippen molar-refractivity contribution in [1.82, 2.24) is 5.32 Å². The van der Waals surface area contributed by atoms with Crippen molar-refractivity contribution in [2.45, 2.75) is 25.9 Å². The monoisotopic (exact) mass is 295 g/mol. The third-order valence-corrected chi connectivity index (χ3v) is 2.94. The second-order valence-corrected chi connectivity index (χ2v) is 4.55. The van der Waals surface area contributed by atoms with Crippen LogP contribution in [0.15, 0.2) is 24.3 Å². The van der Waals surface area contributed by atoms with Crippen molar-refractivity contribution >= 4 is 11.9 Å². The summed E-state index contributed by atoms with van der Waals surface area (Å²) < 4.78 is 10.4. The lowest BCUT2D eigenvalue weighted by atomic mass is 10.2. The number of carboxylic acid groups (broad SMARTS) is 1. The average Bonchev–Trinajstić information content (AvgIpc) is 2.49. The molecule has 6 heteroatoms. The van der Waals surface area contributed by atoms with Crippen molar-refractivity contribution in [3.05, 3.63) is 29.8 Å². The lowest BCUT2D eigenvalue weighted by Crippen LogP contribution is -2.37. The van der Waals surface area contributed by atoms with Crippen molar-refractivity contribution < 1.29 is 24.2 Å². The summed E-state index contributed by atoms with van der Waals surface area (Å²) >= 11 is 0. The van der Waals surface area contributed by atoms with E-state index < -0.39 is 12.1 Å². The molecule has 0 aromatic heterocycles. The molecule has 1 amide bonds. The zero-order valence-electron chi connectivity index (χ0n) is 12.3. The lowest BCUT2D eigenvalue weighted by Gasteiger charge is -2.14. The number of rotatable bonds is 9. The van der Waals surface area contributed by atoms with Crippen LogP contribution in [0.1, 0.15) is 18.9 Å². The molecule has 1 unspecified atom stereocenters. The number of aliphatic carboxylic acids is 1. The number of carbonyl (C=O) groups is 2. The highest BCUT2D eigenvalue weighted by atomic mass is 16.5. The number of carboxylic acids is 1. The maximum absolute atomic E-state index is 11.6. The number of benzene rings is 1. The molecule has 116 valence electrons. The van der Waals surface area contributed by atoms with Gasteiger partial charge in [-0.05, 0) is 24.1 Å². The van der Waals surface area contributed by atoms with Crippen LogP contribution in [0.2, 0.25) is 0 Å². The molecule has 0 heterocycles. The Hall–Kier alpha value is -2.08. The van der Waals surface area contributed by atoms with Crippen LogP contribution < -0.4 is 10.1 Å². The first-order chi connectivity index (χ1) is 10.0. The van der Waals surface area contributed by atoms with E-state index in [9.17, 15) is 9.59 Å². The van der Waals surface area contributed by atoms with E-state index in [4.69, 9.17) is 14.6 Å². The van der Waals surface area contributed by atoms with Gasteiger partial charge in [0.25, 0.3) is 5.91 Å². The maximum atomic E-state index is 11.6. The molecular weight excluding hydrogens is 274 g/mol. The zero-order valence-corrected chi connectivity index (χ0v) is 12.3. The van der Waals surface area contributed by atoms with Crippen LogP contribution in [0.25, 0.3) is 0 Å². The lowest BCUT2D eigenvalue weighted by molar-refractivity contribution is -0.140. The predicted molar refractivity (Wildman–Crippen MR) is 77.4 cm³/mol. The number of nitrogens with one attached hydrogen (secondary N) is 1. The standard InChI is InChI=1S/C15H21NO5/c1-3-11-5-4-6-12(7-11)21-10-14(17)16-9-13(20-2)8-15(18)19/h4-7,13H,3,8-10H2,1-2H3,(H,16,17)(H,18,19). The highest BCUT2D eigenvalue weighted by molar-refractivity contribution is 5.77. The molecule has 1 rings (SSSR count). The van der Waals surface area contributed by atoms with Crippen LogP contribution in [0, 0.1) is 0 Å². The van der Waals surface area contributed by atoms with Gasteiger partial charge in [-0.25, -0.2) is 0 Å². The van der Waals surface area contributed by atoms with E-state index in [-0.39, 0.29) is 25.5 Å². The molecule has 1 atom stereocenters. The molecular formula is C15H21NO5. The summed E-state index contributed by atoms with van der Waals surface area (Å²) in [5.74, 6) is -0.647. The molecule has 0 spiro atoms. The largest absolute Gasteiger partial charge is 0.484 e. The molecule has 0 aliphatic carbocycles. The molecule has 2 N–H and O–H groups in total. The maximum Gasteiger partial charge on any atom is 0.306 e. The summed E-state index contributed by atoms with van der Waals surface area (Å²) in [6, 6.07) is 7.53. The predicted octanol–water partition coefficient (Wildman–Crippen LogP) is 1.23. The van der Waals surface area contributed by atoms with E-state index in [1.165, 1.54) is 7.11 Å². The van der Waals surface area contributed by atoms with Crippen LogP contribution >= 0.6 is 0 Å². The molecule has 0 saturated heterocycles. The van der Waals surface area contributed by atoms with E-state index >= 15 is 0 Å². The SMILES string of the molecule is CCc1cccc(OCC(=O)NCC(CC(=O)O)OC)c1. The van der Waals surface area contributed by atoms with Gasteiger partial charge in [-0.3, -0.25) is 9.59 Å². The number of hydrogen-bond donors (Lipinski definition) is 2. The summed E-state index contributed by atoms with van der Waals surface area (Å²) in [6.07, 6.45) is 0.194. The topological polar surface area (TPSA) is 84.9 Å². The van der Waals surface area contributed by atoms with Crippen molar-refractivity contribution in [3.8, 4) is 5.75 Å². The van der Waals surface area contributed by atoms with E-state index in [0.29, 0.717) is 5.75 Å². The molecule has 0 aliphatic heterocycles. The van der Waals surface area contributed by atoms with Crippen molar-refractivity contribution in [2.75, 3.05) is 20.3 Å². The Kier molecular flexibility index (Phi) is 7.25. The van der Waals surface area contributed by atoms with Crippen LogP contribution in [0.3, 0.4) is 0 Å². The van der Waals surface area contributed by atoms with Gasteiger partial charge >= 0.3 is 5.97 Å². The van der Waals surface area contributed by atoms with E-state index in [0.717, 1.165) is 12.0 Å². The Balaban J connectivity index is 2.34. The normalized spacial score (nSPS) is 11.7. The van der Waals surface area contributed by atoms with Crippen LogP contribution in [-0.4, -0.2) is 43.3 Å². The Labute approximate surface area is 124 Å². The molecule has 1 aromatic carbocycles.